The number of carbonyl (C=O) groups is 2. The Morgan fingerprint density at radius 1 is 1.17 bits per heavy atom. The fraction of sp³-hybridized carbons (Fsp3) is 0.476. The van der Waals surface area contributed by atoms with Gasteiger partial charge in [-0.1, -0.05) is 30.3 Å². The molecular formula is C21H27ClN4O2S. The van der Waals surface area contributed by atoms with Crippen molar-refractivity contribution in [1.29, 1.82) is 0 Å². The molecule has 1 unspecified atom stereocenters. The lowest BCUT2D eigenvalue weighted by molar-refractivity contribution is -0.134. The Kier molecular flexibility index (Phi) is 7.27. The van der Waals surface area contributed by atoms with E-state index in [0.29, 0.717) is 6.42 Å². The Morgan fingerprint density at radius 3 is 2.62 bits per heavy atom. The zero-order valence-electron chi connectivity index (χ0n) is 16.3. The summed E-state index contributed by atoms with van der Waals surface area (Å²) in [5, 5.41) is 9.14. The van der Waals surface area contributed by atoms with Crippen molar-refractivity contribution in [1.82, 2.24) is 20.5 Å². The van der Waals surface area contributed by atoms with Gasteiger partial charge in [0.15, 0.2) is 0 Å². The van der Waals surface area contributed by atoms with Crippen LogP contribution in [-0.4, -0.2) is 40.5 Å². The zero-order chi connectivity index (χ0) is 19.4. The summed E-state index contributed by atoms with van der Waals surface area (Å²) in [6, 6.07) is 10.0. The van der Waals surface area contributed by atoms with E-state index < -0.39 is 5.54 Å². The summed E-state index contributed by atoms with van der Waals surface area (Å²) in [6.07, 6.45) is 5.96. The number of imide groups is 1. The Bertz CT molecular complexity index is 811. The Hall–Kier alpha value is -1.96. The summed E-state index contributed by atoms with van der Waals surface area (Å²) in [6.45, 7) is 2.04. The van der Waals surface area contributed by atoms with Crippen LogP contribution in [0.4, 0.5) is 4.79 Å². The molecule has 8 heteroatoms. The van der Waals surface area contributed by atoms with Crippen molar-refractivity contribution in [3.8, 4) is 0 Å². The second-order valence-corrected chi connectivity index (χ2v) is 8.56. The fourth-order valence-electron chi connectivity index (χ4n) is 4.44. The number of thiazole rings is 1. The van der Waals surface area contributed by atoms with Crippen LogP contribution in [0.1, 0.15) is 36.3 Å². The summed E-state index contributed by atoms with van der Waals surface area (Å²) < 4.78 is 0. The molecule has 2 fully saturated rings. The third kappa shape index (κ3) is 4.63. The van der Waals surface area contributed by atoms with Gasteiger partial charge in [-0.15, -0.1) is 23.7 Å². The molecule has 29 heavy (non-hydrogen) atoms. The molecule has 0 spiro atoms. The van der Waals surface area contributed by atoms with E-state index in [9.17, 15) is 9.59 Å². The lowest BCUT2D eigenvalue weighted by Crippen LogP contribution is -2.55. The number of halogens is 1. The van der Waals surface area contributed by atoms with Gasteiger partial charge in [-0.05, 0) is 56.7 Å². The van der Waals surface area contributed by atoms with Gasteiger partial charge < -0.3 is 10.6 Å². The Morgan fingerprint density at radius 2 is 1.93 bits per heavy atom. The van der Waals surface area contributed by atoms with Gasteiger partial charge in [0.05, 0.1) is 6.54 Å². The summed E-state index contributed by atoms with van der Waals surface area (Å²) in [7, 11) is 0. The van der Waals surface area contributed by atoms with Crippen molar-refractivity contribution in [2.45, 2.75) is 44.2 Å². The summed E-state index contributed by atoms with van der Waals surface area (Å²) in [5.41, 5.74) is 0.477. The van der Waals surface area contributed by atoms with E-state index in [2.05, 4.69) is 27.8 Å². The van der Waals surface area contributed by atoms with E-state index in [1.807, 2.05) is 23.6 Å². The summed E-state index contributed by atoms with van der Waals surface area (Å²) in [4.78, 5) is 31.9. The number of piperidine rings is 1. The molecule has 2 aromatic rings. The zero-order valence-corrected chi connectivity index (χ0v) is 17.9. The van der Waals surface area contributed by atoms with Crippen molar-refractivity contribution < 1.29 is 9.59 Å². The fourth-order valence-corrected chi connectivity index (χ4v) is 5.04. The first-order valence-corrected chi connectivity index (χ1v) is 10.8. The van der Waals surface area contributed by atoms with E-state index in [4.69, 9.17) is 0 Å². The molecule has 1 atom stereocenters. The lowest BCUT2D eigenvalue weighted by atomic mass is 9.74. The number of aryl methyl sites for hydroxylation is 1. The van der Waals surface area contributed by atoms with E-state index in [-0.39, 0.29) is 36.8 Å². The van der Waals surface area contributed by atoms with Gasteiger partial charge in [-0.25, -0.2) is 9.78 Å². The van der Waals surface area contributed by atoms with Crippen LogP contribution >= 0.6 is 23.7 Å². The molecule has 0 bridgehead atoms. The second kappa shape index (κ2) is 9.69. The monoisotopic (exact) mass is 434 g/mol. The molecule has 156 valence electrons. The molecule has 2 aliphatic rings. The van der Waals surface area contributed by atoms with Crippen LogP contribution in [0.25, 0.3) is 0 Å². The highest BCUT2D eigenvalue weighted by Gasteiger charge is 2.55. The number of rotatable bonds is 7. The van der Waals surface area contributed by atoms with Gasteiger partial charge in [-0.3, -0.25) is 9.69 Å². The van der Waals surface area contributed by atoms with Crippen LogP contribution < -0.4 is 10.6 Å². The Labute approximate surface area is 181 Å². The van der Waals surface area contributed by atoms with E-state index in [1.54, 1.807) is 6.20 Å². The SMILES string of the molecule is Cl.O=C1NC(CCCc2ccccc2)(C2CCNCC2)C(=O)N1Cc1nccs1. The van der Waals surface area contributed by atoms with Crippen LogP contribution in [0.5, 0.6) is 0 Å². The average molecular weight is 435 g/mol. The van der Waals surface area contributed by atoms with Gasteiger partial charge in [0.25, 0.3) is 5.91 Å². The van der Waals surface area contributed by atoms with E-state index >= 15 is 0 Å². The van der Waals surface area contributed by atoms with Crippen molar-refractivity contribution in [2.24, 2.45) is 5.92 Å². The van der Waals surface area contributed by atoms with Crippen molar-refractivity contribution in [2.75, 3.05) is 13.1 Å². The highest BCUT2D eigenvalue weighted by Crippen LogP contribution is 2.37. The normalized spacial score (nSPS) is 22.4. The molecule has 2 N–H and O–H groups in total. The quantitative estimate of drug-likeness (QED) is 0.655. The van der Waals surface area contributed by atoms with Crippen LogP contribution in [0, 0.1) is 5.92 Å². The van der Waals surface area contributed by atoms with Crippen LogP contribution in [0.2, 0.25) is 0 Å². The summed E-state index contributed by atoms with van der Waals surface area (Å²) in [5.74, 6) is 0.0925. The first-order valence-electron chi connectivity index (χ1n) is 9.96. The minimum absolute atomic E-state index is 0. The molecule has 4 rings (SSSR count). The molecule has 0 radical (unpaired) electrons. The number of aromatic nitrogens is 1. The predicted molar refractivity (Wildman–Crippen MR) is 116 cm³/mol. The number of amides is 3. The van der Waals surface area contributed by atoms with Crippen LogP contribution in [0.3, 0.4) is 0 Å². The molecule has 1 aromatic heterocycles. The molecule has 2 saturated heterocycles. The Balaban J connectivity index is 0.00000240. The number of hydrogen-bond donors (Lipinski definition) is 2. The number of hydrogen-bond acceptors (Lipinski definition) is 5. The smallest absolute Gasteiger partial charge is 0.323 e. The molecule has 0 aliphatic carbocycles. The van der Waals surface area contributed by atoms with Gasteiger partial charge in [0.2, 0.25) is 0 Å². The van der Waals surface area contributed by atoms with Crippen LogP contribution in [-0.2, 0) is 17.8 Å². The topological polar surface area (TPSA) is 74.3 Å². The standard InChI is InChI=1S/C21H26N4O2S.ClH/c26-19-21(17-8-11-22-12-9-17,10-4-7-16-5-2-1-3-6-16)24-20(27)25(19)15-18-23-13-14-28-18;/h1-3,5-6,13-14,17,22H,4,7-12,15H2,(H,24,27);1H. The maximum atomic E-state index is 13.5. The minimum Gasteiger partial charge on any atom is -0.323 e. The lowest BCUT2D eigenvalue weighted by Gasteiger charge is -2.38. The van der Waals surface area contributed by atoms with Crippen molar-refractivity contribution in [3.05, 3.63) is 52.5 Å². The number of nitrogens with zero attached hydrogens (tertiary/aromatic N) is 2. The minimum atomic E-state index is -0.786. The maximum Gasteiger partial charge on any atom is 0.325 e. The maximum absolute atomic E-state index is 13.5. The van der Waals surface area contributed by atoms with Crippen LogP contribution in [0.15, 0.2) is 41.9 Å². The third-order valence-corrected chi connectivity index (χ3v) is 6.66. The highest BCUT2D eigenvalue weighted by molar-refractivity contribution is 7.09. The van der Waals surface area contributed by atoms with Gasteiger partial charge in [0.1, 0.15) is 10.5 Å². The van der Waals surface area contributed by atoms with Gasteiger partial charge >= 0.3 is 6.03 Å². The van der Waals surface area contributed by atoms with Crippen molar-refractivity contribution in [3.63, 3.8) is 0 Å². The molecule has 2 aliphatic heterocycles. The number of benzene rings is 1. The van der Waals surface area contributed by atoms with Crippen molar-refractivity contribution >= 4 is 35.7 Å². The average Bonchev–Trinajstić information content (AvgIpc) is 3.33. The van der Waals surface area contributed by atoms with E-state index in [0.717, 1.165) is 43.8 Å². The summed E-state index contributed by atoms with van der Waals surface area (Å²) >= 11 is 1.47. The third-order valence-electron chi connectivity index (χ3n) is 5.89. The molecule has 1 aromatic carbocycles. The van der Waals surface area contributed by atoms with E-state index in [1.165, 1.54) is 21.8 Å². The molecule has 0 saturated carbocycles. The highest BCUT2D eigenvalue weighted by atomic mass is 35.5. The first-order chi connectivity index (χ1) is 13.7. The van der Waals surface area contributed by atoms with Gasteiger partial charge in [-0.2, -0.15) is 0 Å². The number of carbonyl (C=O) groups excluding carboxylic acids is 2. The largest absolute Gasteiger partial charge is 0.325 e. The predicted octanol–water partition coefficient (Wildman–Crippen LogP) is 3.38. The number of urea groups is 1. The van der Waals surface area contributed by atoms with Gasteiger partial charge in [0, 0.05) is 11.6 Å². The second-order valence-electron chi connectivity index (χ2n) is 7.58. The molecule has 6 nitrogen and oxygen atoms in total. The first kappa shape index (κ1) is 21.7. The molecular weight excluding hydrogens is 408 g/mol. The molecule has 3 amide bonds. The molecule has 3 heterocycles. The number of nitrogens with one attached hydrogen (secondary N) is 2.